The zero-order chi connectivity index (χ0) is 7.44. The first kappa shape index (κ1) is 8.43. The SMILES string of the molecule is CC(C)C[C@@H]([NH3+])C(=O)O. The fourth-order valence-electron chi connectivity index (χ4n) is 0.670. The lowest BCUT2D eigenvalue weighted by Gasteiger charge is -2.04. The minimum absolute atomic E-state index is 0.420. The Labute approximate surface area is 54.9 Å². The minimum atomic E-state index is -0.802. The van der Waals surface area contributed by atoms with E-state index in [1.165, 1.54) is 0 Å². The lowest BCUT2D eigenvalue weighted by atomic mass is 10.1. The van der Waals surface area contributed by atoms with E-state index < -0.39 is 12.0 Å². The first-order valence-electron chi connectivity index (χ1n) is 3.10. The molecule has 0 aliphatic rings. The van der Waals surface area contributed by atoms with Crippen molar-refractivity contribution in [1.29, 1.82) is 0 Å². The molecule has 0 rings (SSSR count). The van der Waals surface area contributed by atoms with Crippen LogP contribution in [0.3, 0.4) is 0 Å². The molecule has 4 N–H and O–H groups in total. The molecule has 0 bridgehead atoms. The van der Waals surface area contributed by atoms with E-state index in [1.807, 2.05) is 13.8 Å². The van der Waals surface area contributed by atoms with Crippen LogP contribution in [-0.4, -0.2) is 17.1 Å². The molecule has 0 aliphatic heterocycles. The maximum atomic E-state index is 10.2. The van der Waals surface area contributed by atoms with Gasteiger partial charge in [0.25, 0.3) is 0 Å². The summed E-state index contributed by atoms with van der Waals surface area (Å²) in [6.45, 7) is 3.97. The van der Waals surface area contributed by atoms with Gasteiger partial charge >= 0.3 is 5.97 Å². The highest BCUT2D eigenvalue weighted by molar-refractivity contribution is 5.71. The van der Waals surface area contributed by atoms with Gasteiger partial charge in [-0.3, -0.25) is 0 Å². The number of hydrogen-bond acceptors (Lipinski definition) is 1. The van der Waals surface area contributed by atoms with E-state index in [4.69, 9.17) is 5.11 Å². The van der Waals surface area contributed by atoms with E-state index in [0.717, 1.165) is 0 Å². The molecule has 0 saturated carbocycles. The summed E-state index contributed by atoms with van der Waals surface area (Å²) in [6, 6.07) is -0.440. The summed E-state index contributed by atoms with van der Waals surface area (Å²) in [5.74, 6) is -0.382. The van der Waals surface area contributed by atoms with Crippen molar-refractivity contribution in [2.75, 3.05) is 0 Å². The van der Waals surface area contributed by atoms with E-state index in [1.54, 1.807) is 0 Å². The van der Waals surface area contributed by atoms with Gasteiger partial charge in [0.15, 0.2) is 6.04 Å². The Bertz CT molecular complexity index is 101. The number of quaternary nitrogens is 1. The van der Waals surface area contributed by atoms with Crippen LogP contribution in [-0.2, 0) is 4.79 Å². The van der Waals surface area contributed by atoms with Crippen LogP contribution >= 0.6 is 0 Å². The molecule has 0 spiro atoms. The molecule has 3 nitrogen and oxygen atoms in total. The molecular weight excluding hydrogens is 118 g/mol. The minimum Gasteiger partial charge on any atom is -0.477 e. The molecule has 0 fully saturated rings. The van der Waals surface area contributed by atoms with Crippen LogP contribution in [0.5, 0.6) is 0 Å². The molecule has 9 heavy (non-hydrogen) atoms. The summed E-state index contributed by atoms with van der Waals surface area (Å²) >= 11 is 0. The van der Waals surface area contributed by atoms with Crippen molar-refractivity contribution in [3.05, 3.63) is 0 Å². The third kappa shape index (κ3) is 3.97. The van der Waals surface area contributed by atoms with Crippen molar-refractivity contribution in [2.24, 2.45) is 5.92 Å². The predicted molar refractivity (Wildman–Crippen MR) is 33.8 cm³/mol. The van der Waals surface area contributed by atoms with E-state index in [2.05, 4.69) is 5.73 Å². The standard InChI is InChI=1S/C6H13NO2/c1-4(2)3-5(7)6(8)9/h4-5H,3,7H2,1-2H3,(H,8,9)/p+1/t5-/m1/s1. The molecule has 0 radical (unpaired) electrons. The van der Waals surface area contributed by atoms with Crippen molar-refractivity contribution < 1.29 is 15.6 Å². The number of aliphatic carboxylic acids is 1. The van der Waals surface area contributed by atoms with Gasteiger partial charge in [-0.2, -0.15) is 0 Å². The van der Waals surface area contributed by atoms with Crippen LogP contribution in [0.25, 0.3) is 0 Å². The molecule has 0 aromatic rings. The third-order valence-electron chi connectivity index (χ3n) is 1.11. The third-order valence-corrected chi connectivity index (χ3v) is 1.11. The second kappa shape index (κ2) is 3.45. The quantitative estimate of drug-likeness (QED) is 0.555. The van der Waals surface area contributed by atoms with Crippen LogP contribution in [0.1, 0.15) is 20.3 Å². The Hall–Kier alpha value is -0.570. The monoisotopic (exact) mass is 132 g/mol. The van der Waals surface area contributed by atoms with Gasteiger partial charge in [0, 0.05) is 6.42 Å². The zero-order valence-corrected chi connectivity index (χ0v) is 5.92. The molecule has 0 amide bonds. The molecule has 0 aromatic heterocycles. The smallest absolute Gasteiger partial charge is 0.362 e. The maximum absolute atomic E-state index is 10.2. The first-order chi connectivity index (χ1) is 4.04. The average molecular weight is 132 g/mol. The van der Waals surface area contributed by atoms with E-state index >= 15 is 0 Å². The van der Waals surface area contributed by atoms with Gasteiger partial charge in [-0.25, -0.2) is 4.79 Å². The number of carbonyl (C=O) groups is 1. The Kier molecular flexibility index (Phi) is 3.24. The summed E-state index contributed by atoms with van der Waals surface area (Å²) in [4.78, 5) is 10.2. The van der Waals surface area contributed by atoms with Crippen LogP contribution in [0.4, 0.5) is 0 Å². The number of rotatable bonds is 3. The van der Waals surface area contributed by atoms with Crippen LogP contribution in [0, 0.1) is 5.92 Å². The lowest BCUT2D eigenvalue weighted by Crippen LogP contribution is -2.65. The van der Waals surface area contributed by atoms with Crippen molar-refractivity contribution in [3.8, 4) is 0 Å². The summed E-state index contributed by atoms with van der Waals surface area (Å²) in [5.41, 5.74) is 3.48. The second-order valence-electron chi connectivity index (χ2n) is 2.66. The normalized spacial score (nSPS) is 13.8. The largest absolute Gasteiger partial charge is 0.477 e. The fraction of sp³-hybridized carbons (Fsp3) is 0.833. The van der Waals surface area contributed by atoms with Crippen molar-refractivity contribution >= 4 is 5.97 Å². The van der Waals surface area contributed by atoms with Crippen LogP contribution in [0.15, 0.2) is 0 Å². The van der Waals surface area contributed by atoms with E-state index in [-0.39, 0.29) is 0 Å². The molecule has 1 atom stereocenters. The lowest BCUT2D eigenvalue weighted by molar-refractivity contribution is -0.410. The summed E-state index contributed by atoms with van der Waals surface area (Å²) in [7, 11) is 0. The van der Waals surface area contributed by atoms with Gasteiger partial charge in [0.05, 0.1) is 0 Å². The number of carboxylic acids is 1. The van der Waals surface area contributed by atoms with Crippen LogP contribution < -0.4 is 5.73 Å². The Balaban J connectivity index is 3.50. The molecule has 0 unspecified atom stereocenters. The Morgan fingerprint density at radius 1 is 1.67 bits per heavy atom. The molecule has 0 aliphatic carbocycles. The summed E-state index contributed by atoms with van der Waals surface area (Å²) in [6.07, 6.45) is 0.662. The highest BCUT2D eigenvalue weighted by Gasteiger charge is 2.15. The van der Waals surface area contributed by atoms with E-state index in [0.29, 0.717) is 12.3 Å². The number of hydrogen-bond donors (Lipinski definition) is 2. The van der Waals surface area contributed by atoms with Crippen molar-refractivity contribution in [2.45, 2.75) is 26.3 Å². The topological polar surface area (TPSA) is 64.9 Å². The Morgan fingerprint density at radius 3 is 2.22 bits per heavy atom. The van der Waals surface area contributed by atoms with Crippen LogP contribution in [0.2, 0.25) is 0 Å². The van der Waals surface area contributed by atoms with Gasteiger partial charge < -0.3 is 10.8 Å². The molecule has 54 valence electrons. The first-order valence-corrected chi connectivity index (χ1v) is 3.10. The van der Waals surface area contributed by atoms with Gasteiger partial charge in [-0.1, -0.05) is 13.8 Å². The van der Waals surface area contributed by atoms with Crippen molar-refractivity contribution in [1.82, 2.24) is 0 Å². The molecule has 0 aromatic carbocycles. The van der Waals surface area contributed by atoms with Crippen molar-refractivity contribution in [3.63, 3.8) is 0 Å². The molecule has 3 heteroatoms. The predicted octanol–water partition coefficient (Wildman–Crippen LogP) is -0.272. The maximum Gasteiger partial charge on any atom is 0.362 e. The fourth-order valence-corrected chi connectivity index (χ4v) is 0.670. The molecular formula is C6H14NO2+. The summed E-state index contributed by atoms with van der Waals surface area (Å²) < 4.78 is 0. The second-order valence-corrected chi connectivity index (χ2v) is 2.66. The van der Waals surface area contributed by atoms with Gasteiger partial charge in [-0.05, 0) is 5.92 Å². The zero-order valence-electron chi connectivity index (χ0n) is 5.92. The van der Waals surface area contributed by atoms with Gasteiger partial charge in [0.2, 0.25) is 0 Å². The van der Waals surface area contributed by atoms with E-state index in [9.17, 15) is 4.79 Å². The number of carboxylic acid groups (broad SMARTS) is 1. The van der Waals surface area contributed by atoms with Gasteiger partial charge in [0.1, 0.15) is 0 Å². The van der Waals surface area contributed by atoms with Gasteiger partial charge in [-0.15, -0.1) is 0 Å². The highest BCUT2D eigenvalue weighted by Crippen LogP contribution is 2.00. The average Bonchev–Trinajstić information content (AvgIpc) is 1.63. The Morgan fingerprint density at radius 2 is 2.11 bits per heavy atom. The summed E-state index contributed by atoms with van der Waals surface area (Å²) in [5, 5.41) is 8.37. The molecule has 0 saturated heterocycles. The molecule has 0 heterocycles. The highest BCUT2D eigenvalue weighted by atomic mass is 16.4.